The molecule has 0 fully saturated rings. The smallest absolute Gasteiger partial charge is 0.233 e. The van der Waals surface area contributed by atoms with Gasteiger partial charge in [-0.3, -0.25) is 4.79 Å². The zero-order valence-corrected chi connectivity index (χ0v) is 11.8. The highest BCUT2D eigenvalue weighted by atomic mass is 79.9. The van der Waals surface area contributed by atoms with Crippen LogP contribution in [0.1, 0.15) is 28.8 Å². The Morgan fingerprint density at radius 1 is 1.21 bits per heavy atom. The molecule has 0 radical (unpaired) electrons. The van der Waals surface area contributed by atoms with Crippen LogP contribution in [0.3, 0.4) is 0 Å². The van der Waals surface area contributed by atoms with Crippen molar-refractivity contribution in [3.63, 3.8) is 0 Å². The maximum absolute atomic E-state index is 11.7. The van der Waals surface area contributed by atoms with Gasteiger partial charge in [-0.25, -0.2) is 4.98 Å². The van der Waals surface area contributed by atoms with Gasteiger partial charge in [-0.05, 0) is 64.7 Å². The number of ketones is 1. The number of nitrogens with zero attached hydrogens (tertiary/aromatic N) is 1. The van der Waals surface area contributed by atoms with Gasteiger partial charge in [0.1, 0.15) is 5.75 Å². The average Bonchev–Trinajstić information content (AvgIpc) is 2.42. The molecule has 1 heterocycles. The molecule has 4 heteroatoms. The summed E-state index contributed by atoms with van der Waals surface area (Å²) in [6.45, 7) is 0. The highest BCUT2D eigenvalue weighted by molar-refractivity contribution is 9.10. The standard InChI is InChI=1S/C15H12BrNO2/c16-13-4-2-8-17-15(13)19-11-6-7-12-10(9-11)3-1-5-14(12)18/h2,4,6-9H,1,3,5H2. The van der Waals surface area contributed by atoms with Crippen molar-refractivity contribution in [1.82, 2.24) is 4.98 Å². The van der Waals surface area contributed by atoms with Crippen LogP contribution < -0.4 is 4.74 Å². The lowest BCUT2D eigenvalue weighted by Gasteiger charge is -2.15. The summed E-state index contributed by atoms with van der Waals surface area (Å²) in [5, 5.41) is 0. The highest BCUT2D eigenvalue weighted by Crippen LogP contribution is 2.30. The number of hydrogen-bond acceptors (Lipinski definition) is 3. The quantitative estimate of drug-likeness (QED) is 0.835. The number of benzene rings is 1. The molecule has 0 spiro atoms. The lowest BCUT2D eigenvalue weighted by atomic mass is 9.91. The van der Waals surface area contributed by atoms with E-state index in [4.69, 9.17) is 4.74 Å². The maximum Gasteiger partial charge on any atom is 0.233 e. The Bertz CT molecular complexity index is 640. The number of carbonyl (C=O) groups excluding carboxylic acids is 1. The fourth-order valence-corrected chi connectivity index (χ4v) is 2.58. The van der Waals surface area contributed by atoms with Crippen molar-refractivity contribution in [2.75, 3.05) is 0 Å². The molecule has 2 aromatic rings. The Labute approximate surface area is 119 Å². The second-order valence-electron chi connectivity index (χ2n) is 4.49. The molecular weight excluding hydrogens is 306 g/mol. The minimum Gasteiger partial charge on any atom is -0.438 e. The monoisotopic (exact) mass is 317 g/mol. The zero-order chi connectivity index (χ0) is 13.2. The summed E-state index contributed by atoms with van der Waals surface area (Å²) in [7, 11) is 0. The Balaban J connectivity index is 1.91. The highest BCUT2D eigenvalue weighted by Gasteiger charge is 2.17. The number of fused-ring (bicyclic) bond motifs is 1. The first kappa shape index (κ1) is 12.4. The number of aromatic nitrogens is 1. The van der Waals surface area contributed by atoms with E-state index in [1.807, 2.05) is 30.3 Å². The molecule has 0 saturated heterocycles. The van der Waals surface area contributed by atoms with Crippen molar-refractivity contribution in [1.29, 1.82) is 0 Å². The predicted molar refractivity (Wildman–Crippen MR) is 75.7 cm³/mol. The molecule has 0 N–H and O–H groups in total. The van der Waals surface area contributed by atoms with E-state index < -0.39 is 0 Å². The zero-order valence-electron chi connectivity index (χ0n) is 10.2. The van der Waals surface area contributed by atoms with Crippen LogP contribution in [0.15, 0.2) is 41.0 Å². The first-order valence-electron chi connectivity index (χ1n) is 6.18. The molecule has 0 atom stereocenters. The molecule has 19 heavy (non-hydrogen) atoms. The maximum atomic E-state index is 11.7. The van der Waals surface area contributed by atoms with Gasteiger partial charge in [-0.2, -0.15) is 0 Å². The third kappa shape index (κ3) is 2.54. The summed E-state index contributed by atoms with van der Waals surface area (Å²) in [5.74, 6) is 1.48. The molecular formula is C15H12BrNO2. The number of halogens is 1. The molecule has 1 aromatic heterocycles. The number of Topliss-reactive ketones (excluding diaryl/α,β-unsaturated/α-hetero) is 1. The molecule has 3 rings (SSSR count). The van der Waals surface area contributed by atoms with E-state index in [0.29, 0.717) is 18.1 Å². The number of carbonyl (C=O) groups is 1. The summed E-state index contributed by atoms with van der Waals surface area (Å²) in [6, 6.07) is 9.33. The summed E-state index contributed by atoms with van der Waals surface area (Å²) in [5.41, 5.74) is 1.90. The molecule has 0 saturated carbocycles. The SMILES string of the molecule is O=C1CCCc2cc(Oc3ncccc3Br)ccc21. The normalized spacial score (nSPS) is 14.1. The Morgan fingerprint density at radius 3 is 2.95 bits per heavy atom. The number of ether oxygens (including phenoxy) is 1. The minimum atomic E-state index is 0.229. The second kappa shape index (κ2) is 5.13. The summed E-state index contributed by atoms with van der Waals surface area (Å²) in [6.07, 6.45) is 4.19. The van der Waals surface area contributed by atoms with Crippen LogP contribution in [-0.4, -0.2) is 10.8 Å². The lowest BCUT2D eigenvalue weighted by Crippen LogP contribution is -2.10. The van der Waals surface area contributed by atoms with Crippen molar-refractivity contribution in [2.45, 2.75) is 19.3 Å². The molecule has 1 aliphatic carbocycles. The third-order valence-corrected chi connectivity index (χ3v) is 3.77. The Morgan fingerprint density at radius 2 is 2.11 bits per heavy atom. The van der Waals surface area contributed by atoms with E-state index in [9.17, 15) is 4.79 Å². The molecule has 0 bridgehead atoms. The van der Waals surface area contributed by atoms with Crippen LogP contribution >= 0.6 is 15.9 Å². The van der Waals surface area contributed by atoms with Gasteiger partial charge in [0.05, 0.1) is 4.47 Å². The number of hydrogen-bond donors (Lipinski definition) is 0. The Hall–Kier alpha value is -1.68. The van der Waals surface area contributed by atoms with E-state index in [1.54, 1.807) is 6.20 Å². The number of aryl methyl sites for hydroxylation is 1. The topological polar surface area (TPSA) is 39.2 Å². The van der Waals surface area contributed by atoms with Gasteiger partial charge < -0.3 is 4.74 Å². The lowest BCUT2D eigenvalue weighted by molar-refractivity contribution is 0.0972. The summed E-state index contributed by atoms with van der Waals surface area (Å²) >= 11 is 3.40. The van der Waals surface area contributed by atoms with Gasteiger partial charge in [0, 0.05) is 18.2 Å². The molecule has 1 aromatic carbocycles. The summed E-state index contributed by atoms with van der Waals surface area (Å²) < 4.78 is 6.55. The fraction of sp³-hybridized carbons (Fsp3) is 0.200. The third-order valence-electron chi connectivity index (χ3n) is 3.17. The van der Waals surface area contributed by atoms with E-state index in [2.05, 4.69) is 20.9 Å². The van der Waals surface area contributed by atoms with E-state index >= 15 is 0 Å². The first-order valence-corrected chi connectivity index (χ1v) is 6.98. The fourth-order valence-electron chi connectivity index (χ4n) is 2.24. The van der Waals surface area contributed by atoms with Gasteiger partial charge in [0.15, 0.2) is 5.78 Å². The van der Waals surface area contributed by atoms with E-state index in [1.165, 1.54) is 0 Å². The number of pyridine rings is 1. The molecule has 96 valence electrons. The molecule has 0 unspecified atom stereocenters. The van der Waals surface area contributed by atoms with Crippen molar-refractivity contribution in [3.8, 4) is 11.6 Å². The van der Waals surface area contributed by atoms with Crippen molar-refractivity contribution in [3.05, 3.63) is 52.1 Å². The van der Waals surface area contributed by atoms with E-state index in [0.717, 1.165) is 28.4 Å². The second-order valence-corrected chi connectivity index (χ2v) is 5.34. The minimum absolute atomic E-state index is 0.229. The summed E-state index contributed by atoms with van der Waals surface area (Å²) in [4.78, 5) is 15.9. The largest absolute Gasteiger partial charge is 0.438 e. The molecule has 0 aliphatic heterocycles. The van der Waals surface area contributed by atoms with Crippen molar-refractivity contribution < 1.29 is 9.53 Å². The van der Waals surface area contributed by atoms with Crippen LogP contribution in [0.25, 0.3) is 0 Å². The van der Waals surface area contributed by atoms with Crippen LogP contribution in [0, 0.1) is 0 Å². The molecule has 0 amide bonds. The van der Waals surface area contributed by atoms with Gasteiger partial charge in [0.2, 0.25) is 5.88 Å². The van der Waals surface area contributed by atoms with Crippen LogP contribution in [-0.2, 0) is 6.42 Å². The van der Waals surface area contributed by atoms with Crippen molar-refractivity contribution in [2.24, 2.45) is 0 Å². The first-order chi connectivity index (χ1) is 9.24. The van der Waals surface area contributed by atoms with Gasteiger partial charge in [-0.15, -0.1) is 0 Å². The van der Waals surface area contributed by atoms with Crippen LogP contribution in [0.5, 0.6) is 11.6 Å². The Kier molecular flexibility index (Phi) is 3.34. The van der Waals surface area contributed by atoms with E-state index in [-0.39, 0.29) is 5.78 Å². The van der Waals surface area contributed by atoms with Crippen molar-refractivity contribution >= 4 is 21.7 Å². The molecule has 1 aliphatic rings. The predicted octanol–water partition coefficient (Wildman–Crippen LogP) is 4.16. The van der Waals surface area contributed by atoms with Gasteiger partial charge >= 0.3 is 0 Å². The van der Waals surface area contributed by atoms with Gasteiger partial charge in [0.25, 0.3) is 0 Å². The van der Waals surface area contributed by atoms with Crippen LogP contribution in [0.2, 0.25) is 0 Å². The van der Waals surface area contributed by atoms with Gasteiger partial charge in [-0.1, -0.05) is 0 Å². The van der Waals surface area contributed by atoms with Crippen LogP contribution in [0.4, 0.5) is 0 Å². The number of rotatable bonds is 2. The average molecular weight is 318 g/mol. The molecule has 3 nitrogen and oxygen atoms in total.